The van der Waals surface area contributed by atoms with E-state index < -0.39 is 17.9 Å². The van der Waals surface area contributed by atoms with Crippen LogP contribution in [0.3, 0.4) is 0 Å². The highest BCUT2D eigenvalue weighted by Gasteiger charge is 2.39. The second-order valence-corrected chi connectivity index (χ2v) is 8.65. The fourth-order valence-corrected chi connectivity index (χ4v) is 4.55. The average molecular weight is 481 g/mol. The van der Waals surface area contributed by atoms with Gasteiger partial charge in [-0.3, -0.25) is 24.5 Å². The zero-order valence-corrected chi connectivity index (χ0v) is 19.1. The van der Waals surface area contributed by atoms with E-state index in [0.29, 0.717) is 57.3 Å². The van der Waals surface area contributed by atoms with Gasteiger partial charge in [0.05, 0.1) is 46.1 Å². The Hall–Kier alpha value is -2.47. The molecule has 180 valence electrons. The summed E-state index contributed by atoms with van der Waals surface area (Å²) < 4.78 is 16.1. The number of nitrogens with one attached hydrogen (secondary N) is 1. The normalized spacial score (nSPS) is 17.9. The Labute approximate surface area is 195 Å². The number of rotatable bonds is 14. The van der Waals surface area contributed by atoms with Gasteiger partial charge >= 0.3 is 5.97 Å². The summed E-state index contributed by atoms with van der Waals surface area (Å²) in [5.74, 6) is -1.08. The van der Waals surface area contributed by atoms with Crippen molar-refractivity contribution >= 4 is 35.5 Å². The van der Waals surface area contributed by atoms with Crippen LogP contribution in [0.4, 0.5) is 0 Å². The number of piperidine rings is 1. The molecule has 0 bridgehead atoms. The first-order chi connectivity index (χ1) is 16.0. The number of carbonyl (C=O) groups is 4. The van der Waals surface area contributed by atoms with Crippen molar-refractivity contribution in [3.8, 4) is 0 Å². The minimum absolute atomic E-state index is 0.0193. The average Bonchev–Trinajstić information content (AvgIpc) is 3.11. The number of imide groups is 1. The number of ether oxygens (including phenoxy) is 3. The van der Waals surface area contributed by atoms with Crippen molar-refractivity contribution in [1.29, 1.82) is 0 Å². The molecule has 1 fully saturated rings. The van der Waals surface area contributed by atoms with Crippen molar-refractivity contribution in [3.05, 3.63) is 29.3 Å². The summed E-state index contributed by atoms with van der Waals surface area (Å²) in [5, 5.41) is 10.8. The number of thioether (sulfide) groups is 1. The van der Waals surface area contributed by atoms with Crippen LogP contribution < -0.4 is 5.32 Å². The largest absolute Gasteiger partial charge is 0.481 e. The molecular formula is C22H28N2O8S. The van der Waals surface area contributed by atoms with Crippen molar-refractivity contribution in [2.24, 2.45) is 0 Å². The standard InChI is InChI=1S/C22H28N2O8S/c25-19-5-4-17(21(28)23-19)24-14-16-15(22(24)29)2-1-3-18(16)33-13-12-32-11-10-31-9-8-30-7-6-20(26)27/h1-3,17H,4-14H2,(H,26,27)(H,23,25,28). The van der Waals surface area contributed by atoms with Crippen LogP contribution >= 0.6 is 11.8 Å². The number of carboxylic acids is 1. The van der Waals surface area contributed by atoms with Crippen LogP contribution in [0.15, 0.2) is 23.1 Å². The maximum atomic E-state index is 12.8. The molecule has 1 unspecified atom stereocenters. The summed E-state index contributed by atoms with van der Waals surface area (Å²) in [6.45, 7) is 2.62. The summed E-state index contributed by atoms with van der Waals surface area (Å²) in [4.78, 5) is 49.3. The molecule has 2 aliphatic heterocycles. The van der Waals surface area contributed by atoms with Crippen LogP contribution in [0.1, 0.15) is 35.2 Å². The van der Waals surface area contributed by atoms with Crippen molar-refractivity contribution in [3.63, 3.8) is 0 Å². The molecule has 2 heterocycles. The molecule has 0 aromatic heterocycles. The molecule has 11 heteroatoms. The van der Waals surface area contributed by atoms with Crippen LogP contribution in [-0.4, -0.2) is 85.1 Å². The third kappa shape index (κ3) is 7.26. The van der Waals surface area contributed by atoms with Crippen molar-refractivity contribution in [1.82, 2.24) is 10.2 Å². The summed E-state index contributed by atoms with van der Waals surface area (Å²) in [6, 6.07) is 4.94. The van der Waals surface area contributed by atoms with Gasteiger partial charge in [0.15, 0.2) is 0 Å². The van der Waals surface area contributed by atoms with Crippen molar-refractivity contribution in [2.45, 2.75) is 36.7 Å². The fourth-order valence-electron chi connectivity index (χ4n) is 3.60. The van der Waals surface area contributed by atoms with Gasteiger partial charge in [-0.05, 0) is 24.1 Å². The van der Waals surface area contributed by atoms with Gasteiger partial charge in [-0.1, -0.05) is 6.07 Å². The Kier molecular flexibility index (Phi) is 9.67. The third-order valence-corrected chi connectivity index (χ3v) is 6.29. The maximum Gasteiger partial charge on any atom is 0.305 e. The molecule has 0 radical (unpaired) electrons. The minimum Gasteiger partial charge on any atom is -0.481 e. The number of carbonyl (C=O) groups excluding carboxylic acids is 3. The highest BCUT2D eigenvalue weighted by molar-refractivity contribution is 7.99. The maximum absolute atomic E-state index is 12.8. The second kappa shape index (κ2) is 12.7. The molecule has 2 N–H and O–H groups in total. The number of amides is 3. The van der Waals surface area contributed by atoms with E-state index in [4.69, 9.17) is 19.3 Å². The van der Waals surface area contributed by atoms with E-state index in [1.807, 2.05) is 12.1 Å². The van der Waals surface area contributed by atoms with Crippen LogP contribution in [-0.2, 0) is 35.1 Å². The molecule has 1 aromatic rings. The van der Waals surface area contributed by atoms with E-state index in [1.165, 1.54) is 0 Å². The predicted molar refractivity (Wildman–Crippen MR) is 118 cm³/mol. The van der Waals surface area contributed by atoms with Gasteiger partial charge in [0.25, 0.3) is 5.91 Å². The molecule has 0 saturated carbocycles. The van der Waals surface area contributed by atoms with Crippen molar-refractivity contribution in [2.75, 3.05) is 45.4 Å². The molecule has 1 saturated heterocycles. The Morgan fingerprint density at radius 2 is 1.76 bits per heavy atom. The number of hydrogen-bond donors (Lipinski definition) is 2. The van der Waals surface area contributed by atoms with E-state index >= 15 is 0 Å². The Morgan fingerprint density at radius 1 is 1.06 bits per heavy atom. The molecule has 2 aliphatic rings. The monoisotopic (exact) mass is 480 g/mol. The first-order valence-corrected chi connectivity index (χ1v) is 11.8. The van der Waals surface area contributed by atoms with Crippen LogP contribution in [0.25, 0.3) is 0 Å². The lowest BCUT2D eigenvalue weighted by molar-refractivity contribution is -0.139. The van der Waals surface area contributed by atoms with E-state index in [9.17, 15) is 19.2 Å². The third-order valence-electron chi connectivity index (χ3n) is 5.23. The van der Waals surface area contributed by atoms with Gasteiger partial charge < -0.3 is 24.2 Å². The quantitative estimate of drug-likeness (QED) is 0.228. The molecule has 0 spiro atoms. The number of aliphatic carboxylic acids is 1. The van der Waals surface area contributed by atoms with Gasteiger partial charge in [0, 0.05) is 29.2 Å². The van der Waals surface area contributed by atoms with E-state index in [-0.39, 0.29) is 31.3 Å². The van der Waals surface area contributed by atoms with E-state index in [0.717, 1.165) is 10.5 Å². The molecule has 33 heavy (non-hydrogen) atoms. The Morgan fingerprint density at radius 3 is 2.45 bits per heavy atom. The molecule has 1 atom stereocenters. The smallest absolute Gasteiger partial charge is 0.305 e. The van der Waals surface area contributed by atoms with Crippen LogP contribution in [0.2, 0.25) is 0 Å². The van der Waals surface area contributed by atoms with Gasteiger partial charge in [-0.25, -0.2) is 0 Å². The lowest BCUT2D eigenvalue weighted by atomic mass is 10.0. The number of hydrogen-bond acceptors (Lipinski definition) is 8. The van der Waals surface area contributed by atoms with Gasteiger partial charge in [-0.2, -0.15) is 0 Å². The van der Waals surface area contributed by atoms with E-state index in [1.54, 1.807) is 22.7 Å². The summed E-state index contributed by atoms with van der Waals surface area (Å²) >= 11 is 1.59. The molecule has 3 rings (SSSR count). The molecule has 1 aromatic carbocycles. The molecule has 10 nitrogen and oxygen atoms in total. The predicted octanol–water partition coefficient (Wildman–Crippen LogP) is 1.06. The SMILES string of the molecule is O=C(O)CCOCCOCCOCCSc1cccc2c1CN(C1CCC(=O)NC1=O)C2=O. The van der Waals surface area contributed by atoms with Crippen LogP contribution in [0.5, 0.6) is 0 Å². The number of carboxylic acid groups (broad SMARTS) is 1. The molecule has 3 amide bonds. The minimum atomic E-state index is -0.888. The number of nitrogens with zero attached hydrogens (tertiary/aromatic N) is 1. The zero-order chi connectivity index (χ0) is 23.6. The fraction of sp³-hybridized carbons (Fsp3) is 0.545. The lowest BCUT2D eigenvalue weighted by Crippen LogP contribution is -2.52. The Balaban J connectivity index is 1.34. The zero-order valence-electron chi connectivity index (χ0n) is 18.2. The number of fused-ring (bicyclic) bond motifs is 1. The summed E-state index contributed by atoms with van der Waals surface area (Å²) in [6.07, 6.45) is 0.558. The summed E-state index contributed by atoms with van der Waals surface area (Å²) in [7, 11) is 0. The van der Waals surface area contributed by atoms with Gasteiger partial charge in [0.2, 0.25) is 11.8 Å². The topological polar surface area (TPSA) is 131 Å². The van der Waals surface area contributed by atoms with Crippen LogP contribution in [0, 0.1) is 0 Å². The molecular weight excluding hydrogens is 452 g/mol. The highest BCUT2D eigenvalue weighted by Crippen LogP contribution is 2.34. The summed E-state index contributed by atoms with van der Waals surface area (Å²) in [5.41, 5.74) is 1.51. The second-order valence-electron chi connectivity index (χ2n) is 7.51. The Bertz CT molecular complexity index is 878. The number of benzene rings is 1. The van der Waals surface area contributed by atoms with E-state index in [2.05, 4.69) is 5.32 Å². The van der Waals surface area contributed by atoms with Crippen molar-refractivity contribution < 1.29 is 38.5 Å². The first-order valence-electron chi connectivity index (χ1n) is 10.8. The first kappa shape index (κ1) is 25.2. The lowest BCUT2D eigenvalue weighted by Gasteiger charge is -2.29. The van der Waals surface area contributed by atoms with Gasteiger partial charge in [0.1, 0.15) is 6.04 Å². The molecule has 0 aliphatic carbocycles. The van der Waals surface area contributed by atoms with Gasteiger partial charge in [-0.15, -0.1) is 11.8 Å². The highest BCUT2D eigenvalue weighted by atomic mass is 32.2.